The van der Waals surface area contributed by atoms with Crippen LogP contribution in [0.4, 0.5) is 5.13 Å². The number of methoxy groups -OCH3 is 2. The molecule has 0 spiro atoms. The van der Waals surface area contributed by atoms with E-state index in [-0.39, 0.29) is 0 Å². The van der Waals surface area contributed by atoms with Gasteiger partial charge in [0.15, 0.2) is 0 Å². The van der Waals surface area contributed by atoms with Crippen LogP contribution in [-0.4, -0.2) is 32.0 Å². The molecule has 0 saturated carbocycles. The molecule has 140 valence electrons. The molecule has 2 aromatic carbocycles. The van der Waals surface area contributed by atoms with Crippen LogP contribution >= 0.6 is 11.3 Å². The average Bonchev–Trinajstić information content (AvgIpc) is 3.18. The van der Waals surface area contributed by atoms with Crippen molar-refractivity contribution in [1.82, 2.24) is 4.98 Å². The highest BCUT2D eigenvalue weighted by atomic mass is 32.1. The molecule has 0 aliphatic rings. The minimum absolute atomic E-state index is 0.654. The summed E-state index contributed by atoms with van der Waals surface area (Å²) >= 11 is 1.49. The number of anilines is 1. The summed E-state index contributed by atoms with van der Waals surface area (Å²) in [6.07, 6.45) is 1.69. The maximum absolute atomic E-state index is 5.46. The molecule has 3 rings (SSSR count). The molecule has 0 radical (unpaired) electrons. The summed E-state index contributed by atoms with van der Waals surface area (Å²) in [5, 5.41) is 6.95. The van der Waals surface area contributed by atoms with Crippen molar-refractivity contribution >= 4 is 22.7 Å². The number of thiazole rings is 1. The lowest BCUT2D eigenvalue weighted by Gasteiger charge is -2.06. The van der Waals surface area contributed by atoms with E-state index >= 15 is 0 Å². The SMILES string of the molecule is CCOc1ccc(-c2csc(NN=Cc3ccc(OC)cc3OC)n2)cc1. The molecule has 0 atom stereocenters. The summed E-state index contributed by atoms with van der Waals surface area (Å²) in [5.74, 6) is 2.28. The van der Waals surface area contributed by atoms with Gasteiger partial charge in [-0.1, -0.05) is 0 Å². The second kappa shape index (κ2) is 9.05. The lowest BCUT2D eigenvalue weighted by Crippen LogP contribution is -1.95. The second-order valence-corrected chi connectivity index (χ2v) is 6.33. The zero-order valence-corrected chi connectivity index (χ0v) is 16.2. The number of nitrogens with zero attached hydrogens (tertiary/aromatic N) is 2. The molecule has 6 nitrogen and oxygen atoms in total. The molecule has 0 saturated heterocycles. The minimum Gasteiger partial charge on any atom is -0.497 e. The van der Waals surface area contributed by atoms with Gasteiger partial charge in [-0.15, -0.1) is 11.3 Å². The fraction of sp³-hybridized carbons (Fsp3) is 0.200. The summed E-state index contributed by atoms with van der Waals surface area (Å²) in [5.41, 5.74) is 5.72. The quantitative estimate of drug-likeness (QED) is 0.452. The molecule has 0 aliphatic heterocycles. The Hall–Kier alpha value is -3.06. The van der Waals surface area contributed by atoms with Crippen molar-refractivity contribution in [3.8, 4) is 28.5 Å². The van der Waals surface area contributed by atoms with E-state index < -0.39 is 0 Å². The van der Waals surface area contributed by atoms with Crippen LogP contribution in [-0.2, 0) is 0 Å². The van der Waals surface area contributed by atoms with Crippen LogP contribution in [0.2, 0.25) is 0 Å². The second-order valence-electron chi connectivity index (χ2n) is 5.47. The van der Waals surface area contributed by atoms with Crippen molar-refractivity contribution in [3.05, 3.63) is 53.4 Å². The van der Waals surface area contributed by atoms with Gasteiger partial charge in [0.2, 0.25) is 5.13 Å². The largest absolute Gasteiger partial charge is 0.497 e. The average molecular weight is 383 g/mol. The van der Waals surface area contributed by atoms with Crippen LogP contribution < -0.4 is 19.6 Å². The maximum Gasteiger partial charge on any atom is 0.203 e. The van der Waals surface area contributed by atoms with Crippen LogP contribution in [0.25, 0.3) is 11.3 Å². The third kappa shape index (κ3) is 4.77. The third-order valence-electron chi connectivity index (χ3n) is 3.77. The first-order valence-corrected chi connectivity index (χ1v) is 9.31. The molecule has 0 bridgehead atoms. The zero-order chi connectivity index (χ0) is 19.1. The molecule has 0 fully saturated rings. The molecular weight excluding hydrogens is 362 g/mol. The fourth-order valence-electron chi connectivity index (χ4n) is 2.43. The molecule has 27 heavy (non-hydrogen) atoms. The Morgan fingerprint density at radius 2 is 1.85 bits per heavy atom. The number of nitrogens with one attached hydrogen (secondary N) is 1. The predicted octanol–water partition coefficient (Wildman–Crippen LogP) is 4.67. The summed E-state index contributed by atoms with van der Waals surface area (Å²) < 4.78 is 16.0. The highest BCUT2D eigenvalue weighted by Gasteiger charge is 2.05. The van der Waals surface area contributed by atoms with E-state index in [9.17, 15) is 0 Å². The summed E-state index contributed by atoms with van der Waals surface area (Å²) in [4.78, 5) is 4.56. The zero-order valence-electron chi connectivity index (χ0n) is 15.4. The molecule has 1 heterocycles. The monoisotopic (exact) mass is 383 g/mol. The van der Waals surface area contributed by atoms with Gasteiger partial charge in [0.1, 0.15) is 17.2 Å². The number of aromatic nitrogens is 1. The fourth-order valence-corrected chi connectivity index (χ4v) is 3.10. The van der Waals surface area contributed by atoms with E-state index in [1.165, 1.54) is 11.3 Å². The first-order valence-electron chi connectivity index (χ1n) is 8.43. The number of ether oxygens (including phenoxy) is 3. The highest BCUT2D eigenvalue weighted by molar-refractivity contribution is 7.14. The van der Waals surface area contributed by atoms with E-state index in [1.807, 2.05) is 54.8 Å². The van der Waals surface area contributed by atoms with Crippen LogP contribution in [0.1, 0.15) is 12.5 Å². The molecule has 0 unspecified atom stereocenters. The van der Waals surface area contributed by atoms with Crippen molar-refractivity contribution in [1.29, 1.82) is 0 Å². The van der Waals surface area contributed by atoms with E-state index in [2.05, 4.69) is 15.5 Å². The Balaban J connectivity index is 1.66. The maximum atomic E-state index is 5.46. The molecule has 3 aromatic rings. The Bertz CT molecular complexity index is 907. The van der Waals surface area contributed by atoms with E-state index in [4.69, 9.17) is 14.2 Å². The third-order valence-corrected chi connectivity index (χ3v) is 4.52. The van der Waals surface area contributed by atoms with Gasteiger partial charge in [-0.2, -0.15) is 5.10 Å². The number of hydrazone groups is 1. The predicted molar refractivity (Wildman–Crippen MR) is 109 cm³/mol. The molecule has 0 aliphatic carbocycles. The van der Waals surface area contributed by atoms with Gasteiger partial charge in [0, 0.05) is 22.6 Å². The molecule has 1 aromatic heterocycles. The molecule has 1 N–H and O–H groups in total. The number of hydrogen-bond donors (Lipinski definition) is 1. The van der Waals surface area contributed by atoms with Gasteiger partial charge >= 0.3 is 0 Å². The van der Waals surface area contributed by atoms with Gasteiger partial charge in [-0.05, 0) is 43.3 Å². The van der Waals surface area contributed by atoms with Crippen LogP contribution in [0.15, 0.2) is 52.9 Å². The van der Waals surface area contributed by atoms with E-state index in [0.29, 0.717) is 17.5 Å². The summed E-state index contributed by atoms with van der Waals surface area (Å²) in [6.45, 7) is 2.62. The van der Waals surface area contributed by atoms with Crippen LogP contribution in [0.5, 0.6) is 17.2 Å². The van der Waals surface area contributed by atoms with Crippen molar-refractivity contribution < 1.29 is 14.2 Å². The number of hydrogen-bond acceptors (Lipinski definition) is 7. The number of rotatable bonds is 8. The van der Waals surface area contributed by atoms with Crippen LogP contribution in [0.3, 0.4) is 0 Å². The van der Waals surface area contributed by atoms with Crippen molar-refractivity contribution in [2.45, 2.75) is 6.92 Å². The van der Waals surface area contributed by atoms with Gasteiger partial charge in [0.25, 0.3) is 0 Å². The minimum atomic E-state index is 0.654. The molecular formula is C20H21N3O3S. The highest BCUT2D eigenvalue weighted by Crippen LogP contribution is 2.27. The number of benzene rings is 2. The smallest absolute Gasteiger partial charge is 0.203 e. The standard InChI is InChI=1S/C20H21N3O3S/c1-4-26-16-8-5-14(6-9-16)18-13-27-20(22-18)23-21-12-15-7-10-17(24-2)11-19(15)25-3/h5-13H,4H2,1-3H3,(H,22,23). The van der Waals surface area contributed by atoms with Gasteiger partial charge in [-0.3, -0.25) is 5.43 Å². The Morgan fingerprint density at radius 1 is 1.07 bits per heavy atom. The van der Waals surface area contributed by atoms with Crippen LogP contribution in [0, 0.1) is 0 Å². The topological polar surface area (TPSA) is 65.0 Å². The lowest BCUT2D eigenvalue weighted by atomic mass is 10.2. The Kier molecular flexibility index (Phi) is 6.27. The summed E-state index contributed by atoms with van der Waals surface area (Å²) in [7, 11) is 3.23. The lowest BCUT2D eigenvalue weighted by molar-refractivity contribution is 0.340. The van der Waals surface area contributed by atoms with Gasteiger partial charge in [0.05, 0.1) is 32.7 Å². The first kappa shape index (κ1) is 18.7. The normalized spacial score (nSPS) is 10.8. The molecule has 0 amide bonds. The van der Waals surface area contributed by atoms with E-state index in [0.717, 1.165) is 28.3 Å². The van der Waals surface area contributed by atoms with Crippen molar-refractivity contribution in [3.63, 3.8) is 0 Å². The Morgan fingerprint density at radius 3 is 2.56 bits per heavy atom. The van der Waals surface area contributed by atoms with Gasteiger partial charge < -0.3 is 14.2 Å². The van der Waals surface area contributed by atoms with Gasteiger partial charge in [-0.25, -0.2) is 4.98 Å². The summed E-state index contributed by atoms with van der Waals surface area (Å²) in [6, 6.07) is 13.4. The first-order chi connectivity index (χ1) is 13.2. The van der Waals surface area contributed by atoms with E-state index in [1.54, 1.807) is 20.4 Å². The van der Waals surface area contributed by atoms with Crippen molar-refractivity contribution in [2.75, 3.05) is 26.3 Å². The Labute approximate surface area is 162 Å². The molecule has 7 heteroatoms. The van der Waals surface area contributed by atoms with Crippen molar-refractivity contribution in [2.24, 2.45) is 5.10 Å².